The Balaban J connectivity index is 1.86. The van der Waals surface area contributed by atoms with Crippen molar-refractivity contribution in [1.29, 1.82) is 0 Å². The van der Waals surface area contributed by atoms with Crippen LogP contribution < -0.4 is 0 Å². The number of hydrogen-bond acceptors (Lipinski definition) is 5. The SMILES string of the molecule is CC(C)CC(C(=O)O)N1C(=O)/C(=C\c2ccc(-c3ccccc3Cl)o2)SC1=S. The quantitative estimate of drug-likeness (QED) is 0.490. The predicted molar refractivity (Wildman–Crippen MR) is 115 cm³/mol. The Bertz CT molecular complexity index is 967. The van der Waals surface area contributed by atoms with Crippen molar-refractivity contribution in [3.05, 3.63) is 52.1 Å². The normalized spacial score (nSPS) is 17.0. The van der Waals surface area contributed by atoms with Crippen molar-refractivity contribution in [3.8, 4) is 11.3 Å². The highest BCUT2D eigenvalue weighted by atomic mass is 35.5. The van der Waals surface area contributed by atoms with Gasteiger partial charge in [-0.3, -0.25) is 9.69 Å². The van der Waals surface area contributed by atoms with Crippen molar-refractivity contribution >= 4 is 57.9 Å². The van der Waals surface area contributed by atoms with Gasteiger partial charge in [0.2, 0.25) is 0 Å². The zero-order valence-corrected chi connectivity index (χ0v) is 17.6. The average Bonchev–Trinajstić information content (AvgIpc) is 3.18. The second-order valence-electron chi connectivity index (χ2n) is 6.72. The highest BCUT2D eigenvalue weighted by Crippen LogP contribution is 2.36. The van der Waals surface area contributed by atoms with Crippen LogP contribution in [0.2, 0.25) is 5.02 Å². The molecule has 1 fully saturated rings. The first-order valence-electron chi connectivity index (χ1n) is 8.62. The number of carbonyl (C=O) groups is 2. The van der Waals surface area contributed by atoms with E-state index in [1.54, 1.807) is 24.3 Å². The maximum absolute atomic E-state index is 12.8. The highest BCUT2D eigenvalue weighted by Gasteiger charge is 2.40. The number of carboxylic acid groups (broad SMARTS) is 1. The topological polar surface area (TPSA) is 70.8 Å². The summed E-state index contributed by atoms with van der Waals surface area (Å²) in [6.07, 6.45) is 1.90. The molecule has 0 saturated carbocycles. The molecule has 2 heterocycles. The minimum atomic E-state index is -1.06. The Morgan fingerprint density at radius 2 is 2.04 bits per heavy atom. The molecule has 0 radical (unpaired) electrons. The third-order valence-electron chi connectivity index (χ3n) is 4.15. The van der Waals surface area contributed by atoms with Gasteiger partial charge in [-0.25, -0.2) is 4.79 Å². The van der Waals surface area contributed by atoms with Crippen LogP contribution in [0.1, 0.15) is 26.0 Å². The summed E-state index contributed by atoms with van der Waals surface area (Å²) in [4.78, 5) is 26.0. The molecule has 1 amide bonds. The molecule has 5 nitrogen and oxygen atoms in total. The number of rotatable bonds is 6. The number of hydrogen-bond donors (Lipinski definition) is 1. The number of carboxylic acids is 1. The van der Waals surface area contributed by atoms with Crippen molar-refractivity contribution in [1.82, 2.24) is 4.90 Å². The van der Waals surface area contributed by atoms with E-state index in [0.717, 1.165) is 17.3 Å². The van der Waals surface area contributed by atoms with Gasteiger partial charge in [-0.05, 0) is 36.6 Å². The molecule has 1 saturated heterocycles. The zero-order valence-electron chi connectivity index (χ0n) is 15.2. The standard InChI is InChI=1S/C20H18ClNO4S2/c1-11(2)9-15(19(24)25)22-18(23)17(28-20(22)27)10-12-7-8-16(26-12)13-5-3-4-6-14(13)21/h3-8,10-11,15H,9H2,1-2H3,(H,24,25)/b17-10+. The van der Waals surface area contributed by atoms with Crippen LogP contribution in [0.3, 0.4) is 0 Å². The first-order chi connectivity index (χ1) is 13.3. The summed E-state index contributed by atoms with van der Waals surface area (Å²) in [6.45, 7) is 3.81. The number of amides is 1. The fourth-order valence-corrected chi connectivity index (χ4v) is 4.44. The molecule has 2 aromatic rings. The predicted octanol–water partition coefficient (Wildman–Crippen LogP) is 5.30. The van der Waals surface area contributed by atoms with Gasteiger partial charge < -0.3 is 9.52 Å². The van der Waals surface area contributed by atoms with Crippen molar-refractivity contribution in [3.63, 3.8) is 0 Å². The fourth-order valence-electron chi connectivity index (χ4n) is 2.88. The third kappa shape index (κ3) is 4.32. The summed E-state index contributed by atoms with van der Waals surface area (Å²) in [5, 5.41) is 10.1. The van der Waals surface area contributed by atoms with Crippen molar-refractivity contribution in [2.75, 3.05) is 0 Å². The Morgan fingerprint density at radius 3 is 2.68 bits per heavy atom. The van der Waals surface area contributed by atoms with E-state index >= 15 is 0 Å². The monoisotopic (exact) mass is 435 g/mol. The van der Waals surface area contributed by atoms with E-state index in [1.165, 1.54) is 4.90 Å². The minimum absolute atomic E-state index is 0.109. The van der Waals surface area contributed by atoms with Crippen LogP contribution in [-0.2, 0) is 9.59 Å². The van der Waals surface area contributed by atoms with Crippen LogP contribution in [0.5, 0.6) is 0 Å². The molecule has 1 aromatic heterocycles. The zero-order chi connectivity index (χ0) is 20.4. The summed E-state index contributed by atoms with van der Waals surface area (Å²) in [5.74, 6) is -0.330. The molecule has 1 atom stereocenters. The maximum atomic E-state index is 12.8. The number of thiocarbonyl (C=S) groups is 1. The molecular weight excluding hydrogens is 418 g/mol. The molecule has 1 aromatic carbocycles. The fraction of sp³-hybridized carbons (Fsp3) is 0.250. The number of furan rings is 1. The van der Waals surface area contributed by atoms with Gasteiger partial charge in [-0.1, -0.05) is 61.6 Å². The van der Waals surface area contributed by atoms with Gasteiger partial charge in [0.25, 0.3) is 5.91 Å². The Morgan fingerprint density at radius 1 is 1.32 bits per heavy atom. The van der Waals surface area contributed by atoms with E-state index in [4.69, 9.17) is 28.2 Å². The average molecular weight is 436 g/mol. The largest absolute Gasteiger partial charge is 0.480 e. The molecule has 8 heteroatoms. The lowest BCUT2D eigenvalue weighted by Gasteiger charge is -2.24. The molecule has 0 spiro atoms. The number of halogens is 1. The van der Waals surface area contributed by atoms with Gasteiger partial charge in [-0.2, -0.15) is 0 Å². The van der Waals surface area contributed by atoms with Gasteiger partial charge in [0.05, 0.1) is 9.93 Å². The molecule has 146 valence electrons. The van der Waals surface area contributed by atoms with Crippen molar-refractivity contribution in [2.24, 2.45) is 5.92 Å². The lowest BCUT2D eigenvalue weighted by Crippen LogP contribution is -2.44. The van der Waals surface area contributed by atoms with Gasteiger partial charge in [-0.15, -0.1) is 0 Å². The Labute approximate surface area is 177 Å². The van der Waals surface area contributed by atoms with Crippen LogP contribution in [0, 0.1) is 5.92 Å². The first kappa shape index (κ1) is 20.6. The van der Waals surface area contributed by atoms with Crippen molar-refractivity contribution < 1.29 is 19.1 Å². The third-order valence-corrected chi connectivity index (χ3v) is 5.81. The van der Waals surface area contributed by atoms with E-state index in [-0.39, 0.29) is 10.2 Å². The summed E-state index contributed by atoms with van der Waals surface area (Å²) in [6, 6.07) is 9.82. The van der Waals surface area contributed by atoms with Crippen molar-refractivity contribution in [2.45, 2.75) is 26.3 Å². The first-order valence-corrected chi connectivity index (χ1v) is 10.2. The minimum Gasteiger partial charge on any atom is -0.480 e. The van der Waals surface area contributed by atoms with Crippen LogP contribution in [-0.4, -0.2) is 32.2 Å². The molecule has 1 N–H and O–H groups in total. The summed E-state index contributed by atoms with van der Waals surface area (Å²) < 4.78 is 6.04. The molecule has 1 aliphatic rings. The number of carbonyl (C=O) groups excluding carboxylic acids is 1. The molecule has 3 rings (SSSR count). The lowest BCUT2D eigenvalue weighted by molar-refractivity contribution is -0.145. The number of nitrogens with zero attached hydrogens (tertiary/aromatic N) is 1. The lowest BCUT2D eigenvalue weighted by atomic mass is 10.0. The molecule has 0 bridgehead atoms. The maximum Gasteiger partial charge on any atom is 0.326 e. The van der Waals surface area contributed by atoms with Gasteiger partial charge >= 0.3 is 5.97 Å². The van der Waals surface area contributed by atoms with Gasteiger partial charge in [0.15, 0.2) is 0 Å². The van der Waals surface area contributed by atoms with Crippen LogP contribution in [0.4, 0.5) is 0 Å². The summed E-state index contributed by atoms with van der Waals surface area (Å²) >= 11 is 12.5. The highest BCUT2D eigenvalue weighted by molar-refractivity contribution is 8.26. The van der Waals surface area contributed by atoms with Crippen LogP contribution in [0.15, 0.2) is 45.7 Å². The van der Waals surface area contributed by atoms with E-state index in [9.17, 15) is 14.7 Å². The van der Waals surface area contributed by atoms with E-state index in [0.29, 0.717) is 27.9 Å². The van der Waals surface area contributed by atoms with Crippen LogP contribution >= 0.6 is 35.6 Å². The molecule has 1 unspecified atom stereocenters. The summed E-state index contributed by atoms with van der Waals surface area (Å²) in [7, 11) is 0. The van der Waals surface area contributed by atoms with E-state index < -0.39 is 17.9 Å². The van der Waals surface area contributed by atoms with Gasteiger partial charge in [0.1, 0.15) is 21.9 Å². The smallest absolute Gasteiger partial charge is 0.326 e. The number of aliphatic carboxylic acids is 1. The van der Waals surface area contributed by atoms with Gasteiger partial charge in [0, 0.05) is 11.6 Å². The Hall–Kier alpha value is -2.09. The van der Waals surface area contributed by atoms with E-state index in [1.807, 2.05) is 32.0 Å². The summed E-state index contributed by atoms with van der Waals surface area (Å²) in [5.41, 5.74) is 0.749. The molecule has 0 aliphatic carbocycles. The molecule has 1 aliphatic heterocycles. The van der Waals surface area contributed by atoms with Crippen LogP contribution in [0.25, 0.3) is 17.4 Å². The second-order valence-corrected chi connectivity index (χ2v) is 8.80. The number of benzene rings is 1. The molecule has 28 heavy (non-hydrogen) atoms. The second kappa shape index (κ2) is 8.51. The molecular formula is C20H18ClNO4S2. The Kier molecular flexibility index (Phi) is 6.27. The number of thioether (sulfide) groups is 1. The van der Waals surface area contributed by atoms with E-state index in [2.05, 4.69) is 0 Å².